The number of ether oxygens (including phenoxy) is 7. The molecule has 0 aromatic heterocycles. The Labute approximate surface area is 157 Å². The fourth-order valence-corrected chi connectivity index (χ4v) is 3.41. The van der Waals surface area contributed by atoms with E-state index < -0.39 is 68.0 Å². The lowest BCUT2D eigenvalue weighted by Gasteiger charge is -2.46. The van der Waals surface area contributed by atoms with Crippen molar-refractivity contribution in [3.05, 3.63) is 0 Å². The highest BCUT2D eigenvalue weighted by Crippen LogP contribution is 2.30. The van der Waals surface area contributed by atoms with Crippen LogP contribution in [0.5, 0.6) is 0 Å². The van der Waals surface area contributed by atoms with E-state index in [0.29, 0.717) is 0 Å². The van der Waals surface area contributed by atoms with Crippen molar-refractivity contribution < 1.29 is 53.6 Å². The predicted octanol–water partition coefficient (Wildman–Crippen LogP) is -2.78. The molecule has 10 atom stereocenters. The van der Waals surface area contributed by atoms with Crippen LogP contribution in [-0.4, -0.2) is 123 Å². The van der Waals surface area contributed by atoms with Crippen LogP contribution in [0.15, 0.2) is 0 Å². The summed E-state index contributed by atoms with van der Waals surface area (Å²) in [7, 11) is 5.69. The lowest BCUT2D eigenvalue weighted by molar-refractivity contribution is -0.380. The van der Waals surface area contributed by atoms with E-state index in [-0.39, 0.29) is 6.61 Å². The summed E-state index contributed by atoms with van der Waals surface area (Å²) in [5.74, 6) is 0. The molecule has 0 aromatic rings. The third-order valence-electron chi connectivity index (χ3n) is 4.85. The molecule has 2 rings (SSSR count). The van der Waals surface area contributed by atoms with Gasteiger partial charge in [-0.3, -0.25) is 0 Å². The molecule has 160 valence electrons. The molecule has 0 amide bonds. The maximum atomic E-state index is 10.6. The van der Waals surface area contributed by atoms with Gasteiger partial charge in [-0.1, -0.05) is 0 Å². The molecule has 2 fully saturated rings. The third-order valence-corrected chi connectivity index (χ3v) is 4.85. The third kappa shape index (κ3) is 4.77. The monoisotopic (exact) mass is 398 g/mol. The molecular weight excluding hydrogens is 368 g/mol. The van der Waals surface area contributed by atoms with Crippen molar-refractivity contribution in [3.8, 4) is 0 Å². The number of aliphatic hydroxyl groups excluding tert-OH is 4. The van der Waals surface area contributed by atoms with Crippen molar-refractivity contribution in [2.45, 2.75) is 61.4 Å². The maximum absolute atomic E-state index is 10.6. The fraction of sp³-hybridized carbons (Fsp3) is 1.00. The second-order valence-corrected chi connectivity index (χ2v) is 6.43. The van der Waals surface area contributed by atoms with E-state index in [2.05, 4.69) is 0 Å². The lowest BCUT2D eigenvalue weighted by Crippen LogP contribution is -2.64. The quantitative estimate of drug-likeness (QED) is 0.337. The molecule has 0 saturated carbocycles. The van der Waals surface area contributed by atoms with Gasteiger partial charge in [-0.2, -0.15) is 0 Å². The topological polar surface area (TPSA) is 146 Å². The molecule has 0 aliphatic carbocycles. The van der Waals surface area contributed by atoms with Gasteiger partial charge in [0, 0.05) is 28.4 Å². The Kier molecular flexibility index (Phi) is 8.77. The molecule has 0 bridgehead atoms. The molecule has 11 nitrogen and oxygen atoms in total. The number of hydrogen-bond donors (Lipinski definition) is 4. The van der Waals surface area contributed by atoms with Crippen molar-refractivity contribution in [2.75, 3.05) is 41.7 Å². The van der Waals surface area contributed by atoms with Gasteiger partial charge < -0.3 is 53.6 Å². The minimum Gasteiger partial charge on any atom is -0.394 e. The van der Waals surface area contributed by atoms with Crippen molar-refractivity contribution >= 4 is 0 Å². The Morgan fingerprint density at radius 3 is 1.81 bits per heavy atom. The molecule has 2 saturated heterocycles. The van der Waals surface area contributed by atoms with E-state index in [1.54, 1.807) is 0 Å². The first-order chi connectivity index (χ1) is 12.9. The Balaban J connectivity index is 2.17. The van der Waals surface area contributed by atoms with Crippen LogP contribution >= 0.6 is 0 Å². The van der Waals surface area contributed by atoms with Crippen LogP contribution in [0.25, 0.3) is 0 Å². The first-order valence-corrected chi connectivity index (χ1v) is 8.62. The van der Waals surface area contributed by atoms with E-state index in [4.69, 9.17) is 33.2 Å². The molecule has 0 unspecified atom stereocenters. The van der Waals surface area contributed by atoms with Crippen LogP contribution in [0.4, 0.5) is 0 Å². The standard InChI is InChI=1S/C16H30O11/c1-21-6-8-12(22-2)13(23-3)11(20)15(26-8)27-16-14(24-4)10(19)9(18)7(5-17)25-16/h7-20H,5-6H2,1-4H3/t7-,8+,9-,10+,11+,12+,13+,14-,15+,16-/m0/s1. The van der Waals surface area contributed by atoms with Crippen LogP contribution in [0, 0.1) is 0 Å². The molecule has 4 N–H and O–H groups in total. The van der Waals surface area contributed by atoms with Gasteiger partial charge in [0.05, 0.1) is 13.2 Å². The van der Waals surface area contributed by atoms with Crippen LogP contribution in [0.1, 0.15) is 0 Å². The first kappa shape index (κ1) is 22.8. The van der Waals surface area contributed by atoms with Crippen LogP contribution in [-0.2, 0) is 33.2 Å². The summed E-state index contributed by atoms with van der Waals surface area (Å²) in [4.78, 5) is 0. The van der Waals surface area contributed by atoms with Gasteiger partial charge in [-0.05, 0) is 0 Å². The number of hydrogen-bond acceptors (Lipinski definition) is 11. The van der Waals surface area contributed by atoms with Gasteiger partial charge in [0.1, 0.15) is 48.8 Å². The largest absolute Gasteiger partial charge is 0.394 e. The summed E-state index contributed by atoms with van der Waals surface area (Å²) in [6, 6.07) is 0. The van der Waals surface area contributed by atoms with E-state index in [0.717, 1.165) is 0 Å². The summed E-state index contributed by atoms with van der Waals surface area (Å²) in [5.41, 5.74) is 0. The molecule has 11 heteroatoms. The molecule has 0 radical (unpaired) electrons. The van der Waals surface area contributed by atoms with Crippen LogP contribution in [0.2, 0.25) is 0 Å². The zero-order valence-corrected chi connectivity index (χ0v) is 15.8. The zero-order chi connectivity index (χ0) is 20.1. The van der Waals surface area contributed by atoms with E-state index in [9.17, 15) is 20.4 Å². The summed E-state index contributed by atoms with van der Waals surface area (Å²) in [5, 5.41) is 40.1. The first-order valence-electron chi connectivity index (χ1n) is 8.62. The molecule has 0 spiro atoms. The van der Waals surface area contributed by atoms with Gasteiger partial charge in [0.2, 0.25) is 0 Å². The summed E-state index contributed by atoms with van der Waals surface area (Å²) in [6.45, 7) is -0.383. The summed E-state index contributed by atoms with van der Waals surface area (Å²) in [6.07, 6.45) is -10.5. The average molecular weight is 398 g/mol. The molecule has 2 aliphatic heterocycles. The lowest BCUT2D eigenvalue weighted by atomic mass is 9.97. The second-order valence-electron chi connectivity index (χ2n) is 6.43. The maximum Gasteiger partial charge on any atom is 0.190 e. The van der Waals surface area contributed by atoms with Gasteiger partial charge in [0.25, 0.3) is 0 Å². The smallest absolute Gasteiger partial charge is 0.190 e. The Hall–Kier alpha value is -0.440. The van der Waals surface area contributed by atoms with Crippen molar-refractivity contribution in [1.29, 1.82) is 0 Å². The van der Waals surface area contributed by atoms with E-state index >= 15 is 0 Å². The molecular formula is C16H30O11. The van der Waals surface area contributed by atoms with Crippen LogP contribution in [0.3, 0.4) is 0 Å². The Morgan fingerprint density at radius 1 is 0.704 bits per heavy atom. The highest BCUT2D eigenvalue weighted by molar-refractivity contribution is 4.94. The van der Waals surface area contributed by atoms with Crippen molar-refractivity contribution in [2.24, 2.45) is 0 Å². The Bertz CT molecular complexity index is 439. The van der Waals surface area contributed by atoms with Crippen molar-refractivity contribution in [3.63, 3.8) is 0 Å². The molecule has 2 aliphatic rings. The average Bonchev–Trinajstić information content (AvgIpc) is 2.66. The minimum atomic E-state index is -1.37. The van der Waals surface area contributed by atoms with Gasteiger partial charge in [-0.25, -0.2) is 0 Å². The Morgan fingerprint density at radius 2 is 1.30 bits per heavy atom. The number of aliphatic hydroxyl groups is 4. The molecule has 27 heavy (non-hydrogen) atoms. The van der Waals surface area contributed by atoms with Gasteiger partial charge in [0.15, 0.2) is 12.6 Å². The highest BCUT2D eigenvalue weighted by Gasteiger charge is 2.51. The van der Waals surface area contributed by atoms with E-state index in [1.807, 2.05) is 0 Å². The van der Waals surface area contributed by atoms with Gasteiger partial charge in [-0.15, -0.1) is 0 Å². The molecule has 0 aromatic carbocycles. The predicted molar refractivity (Wildman–Crippen MR) is 87.8 cm³/mol. The zero-order valence-electron chi connectivity index (χ0n) is 15.8. The summed E-state index contributed by atoms with van der Waals surface area (Å²) >= 11 is 0. The fourth-order valence-electron chi connectivity index (χ4n) is 3.41. The van der Waals surface area contributed by atoms with E-state index in [1.165, 1.54) is 28.4 Å². The van der Waals surface area contributed by atoms with Gasteiger partial charge >= 0.3 is 0 Å². The highest BCUT2D eigenvalue weighted by atomic mass is 16.8. The van der Waals surface area contributed by atoms with Crippen molar-refractivity contribution in [1.82, 2.24) is 0 Å². The summed E-state index contributed by atoms with van der Waals surface area (Å²) < 4.78 is 38.0. The second kappa shape index (κ2) is 10.4. The number of methoxy groups -OCH3 is 4. The SMILES string of the molecule is COC[C@H]1O[C@H](O[C@@H]2O[C@@H](CO)[C@H](O)[C@@H](O)[C@@H]2OC)[C@H](O)[C@@H](OC)[C@@H]1OC. The van der Waals surface area contributed by atoms with Crippen LogP contribution < -0.4 is 0 Å². The number of rotatable bonds is 8. The normalized spacial score (nSPS) is 45.8. The molecule has 2 heterocycles. The minimum absolute atomic E-state index is 0.158.